The smallest absolute Gasteiger partial charge is 0.254 e. The summed E-state index contributed by atoms with van der Waals surface area (Å²) in [6.45, 7) is 0.476. The molecular formula is C7H11N3OS. The molecule has 0 saturated carbocycles. The van der Waals surface area contributed by atoms with E-state index in [0.717, 1.165) is 0 Å². The Balaban J connectivity index is 2.96. The van der Waals surface area contributed by atoms with Gasteiger partial charge < -0.3 is 10.7 Å². The zero-order chi connectivity index (χ0) is 8.97. The molecule has 0 atom stereocenters. The van der Waals surface area contributed by atoms with Crippen molar-refractivity contribution in [3.8, 4) is 0 Å². The van der Waals surface area contributed by atoms with Crippen LogP contribution in [-0.4, -0.2) is 22.8 Å². The largest absolute Gasteiger partial charge is 0.330 e. The van der Waals surface area contributed by atoms with Crippen LogP contribution in [-0.2, 0) is 6.42 Å². The number of aromatic amines is 1. The minimum atomic E-state index is -0.0835. The number of hydrogen-bond donors (Lipinski definition) is 2. The van der Waals surface area contributed by atoms with E-state index < -0.39 is 0 Å². The van der Waals surface area contributed by atoms with E-state index in [1.807, 2.05) is 6.26 Å². The third kappa shape index (κ3) is 2.09. The summed E-state index contributed by atoms with van der Waals surface area (Å²) in [6, 6.07) is 0. The van der Waals surface area contributed by atoms with Gasteiger partial charge in [-0.2, -0.15) is 0 Å². The van der Waals surface area contributed by atoms with Crippen LogP contribution < -0.4 is 11.3 Å². The first-order valence-electron chi connectivity index (χ1n) is 3.60. The lowest BCUT2D eigenvalue weighted by Gasteiger charge is -1.98. The van der Waals surface area contributed by atoms with Crippen molar-refractivity contribution >= 4 is 11.8 Å². The van der Waals surface area contributed by atoms with Crippen molar-refractivity contribution < 1.29 is 0 Å². The van der Waals surface area contributed by atoms with E-state index in [0.29, 0.717) is 23.7 Å². The molecular weight excluding hydrogens is 174 g/mol. The standard InChI is InChI=1S/C7H11N3OS/c1-12-7-9-4-5(2-3-8)6(11)10-7/h4H,2-3,8H2,1H3,(H,9,10,11). The summed E-state index contributed by atoms with van der Waals surface area (Å²) in [4.78, 5) is 17.9. The van der Waals surface area contributed by atoms with Gasteiger partial charge in [-0.25, -0.2) is 4.98 Å². The number of aromatic nitrogens is 2. The molecule has 3 N–H and O–H groups in total. The van der Waals surface area contributed by atoms with Crippen LogP contribution in [0.15, 0.2) is 16.1 Å². The molecule has 1 heterocycles. The summed E-state index contributed by atoms with van der Waals surface area (Å²) in [5.41, 5.74) is 5.88. The maximum absolute atomic E-state index is 11.2. The van der Waals surface area contributed by atoms with Crippen molar-refractivity contribution in [3.05, 3.63) is 22.1 Å². The van der Waals surface area contributed by atoms with Gasteiger partial charge >= 0.3 is 0 Å². The van der Waals surface area contributed by atoms with Gasteiger partial charge in [-0.05, 0) is 19.2 Å². The van der Waals surface area contributed by atoms with E-state index in [-0.39, 0.29) is 5.56 Å². The second kappa shape index (κ2) is 4.27. The molecule has 0 amide bonds. The first-order valence-corrected chi connectivity index (χ1v) is 4.82. The highest BCUT2D eigenvalue weighted by Crippen LogP contribution is 2.03. The Hall–Kier alpha value is -0.810. The molecule has 1 aromatic heterocycles. The molecule has 1 rings (SSSR count). The number of nitrogens with two attached hydrogens (primary N) is 1. The first kappa shape index (κ1) is 9.28. The number of thioether (sulfide) groups is 1. The summed E-state index contributed by atoms with van der Waals surface area (Å²) in [5, 5.41) is 0.640. The normalized spacial score (nSPS) is 10.2. The Labute approximate surface area is 74.6 Å². The van der Waals surface area contributed by atoms with Crippen molar-refractivity contribution in [2.45, 2.75) is 11.6 Å². The fourth-order valence-electron chi connectivity index (χ4n) is 0.842. The van der Waals surface area contributed by atoms with Gasteiger partial charge in [-0.3, -0.25) is 4.79 Å². The van der Waals surface area contributed by atoms with Gasteiger partial charge in [0.05, 0.1) is 0 Å². The van der Waals surface area contributed by atoms with Crippen molar-refractivity contribution in [2.24, 2.45) is 5.73 Å². The van der Waals surface area contributed by atoms with Crippen molar-refractivity contribution in [2.75, 3.05) is 12.8 Å². The van der Waals surface area contributed by atoms with Crippen LogP contribution in [0, 0.1) is 0 Å². The third-order valence-corrected chi connectivity index (χ3v) is 2.05. The van der Waals surface area contributed by atoms with E-state index in [2.05, 4.69) is 9.97 Å². The second-order valence-corrected chi connectivity index (χ2v) is 3.08. The third-order valence-electron chi connectivity index (χ3n) is 1.46. The van der Waals surface area contributed by atoms with Crippen LogP contribution in [0.5, 0.6) is 0 Å². The van der Waals surface area contributed by atoms with E-state index in [1.165, 1.54) is 11.8 Å². The minimum absolute atomic E-state index is 0.0835. The number of H-pyrrole nitrogens is 1. The predicted octanol–water partition coefficient (Wildman–Crippen LogP) is -0.00700. The van der Waals surface area contributed by atoms with Gasteiger partial charge in [0.1, 0.15) is 0 Å². The fraction of sp³-hybridized carbons (Fsp3) is 0.429. The Kier molecular flexibility index (Phi) is 3.31. The molecule has 0 aromatic carbocycles. The molecule has 0 saturated heterocycles. The highest BCUT2D eigenvalue weighted by atomic mass is 32.2. The topological polar surface area (TPSA) is 71.8 Å². The molecule has 5 heteroatoms. The summed E-state index contributed by atoms with van der Waals surface area (Å²) in [7, 11) is 0. The molecule has 66 valence electrons. The van der Waals surface area contributed by atoms with Crippen molar-refractivity contribution in [3.63, 3.8) is 0 Å². The Morgan fingerprint density at radius 2 is 2.50 bits per heavy atom. The lowest BCUT2D eigenvalue weighted by molar-refractivity contribution is 0.864. The molecule has 0 aliphatic carbocycles. The highest BCUT2D eigenvalue weighted by Gasteiger charge is 1.99. The molecule has 0 aliphatic heterocycles. The molecule has 0 radical (unpaired) electrons. The number of hydrogen-bond acceptors (Lipinski definition) is 4. The van der Waals surface area contributed by atoms with E-state index in [9.17, 15) is 4.79 Å². The average molecular weight is 185 g/mol. The maximum Gasteiger partial charge on any atom is 0.254 e. The zero-order valence-electron chi connectivity index (χ0n) is 6.83. The zero-order valence-corrected chi connectivity index (χ0v) is 7.65. The maximum atomic E-state index is 11.2. The van der Waals surface area contributed by atoms with Gasteiger partial charge in [-0.15, -0.1) is 0 Å². The Morgan fingerprint density at radius 3 is 3.00 bits per heavy atom. The number of nitrogens with zero attached hydrogens (tertiary/aromatic N) is 1. The summed E-state index contributed by atoms with van der Waals surface area (Å²) < 4.78 is 0. The second-order valence-electron chi connectivity index (χ2n) is 2.29. The first-order chi connectivity index (χ1) is 5.77. The van der Waals surface area contributed by atoms with Crippen LogP contribution >= 0.6 is 11.8 Å². The summed E-state index contributed by atoms with van der Waals surface area (Å²) in [5.74, 6) is 0. The lowest BCUT2D eigenvalue weighted by Crippen LogP contribution is -2.17. The molecule has 0 bridgehead atoms. The fourth-order valence-corrected chi connectivity index (χ4v) is 1.20. The summed E-state index contributed by atoms with van der Waals surface area (Å²) in [6.07, 6.45) is 4.02. The van der Waals surface area contributed by atoms with Crippen LogP contribution in [0.3, 0.4) is 0 Å². The van der Waals surface area contributed by atoms with Crippen LogP contribution in [0.4, 0.5) is 0 Å². The molecule has 12 heavy (non-hydrogen) atoms. The van der Waals surface area contributed by atoms with Gasteiger partial charge in [-0.1, -0.05) is 11.8 Å². The van der Waals surface area contributed by atoms with Gasteiger partial charge in [0, 0.05) is 11.8 Å². The molecule has 0 spiro atoms. The van der Waals surface area contributed by atoms with Crippen molar-refractivity contribution in [1.82, 2.24) is 9.97 Å². The van der Waals surface area contributed by atoms with E-state index >= 15 is 0 Å². The minimum Gasteiger partial charge on any atom is -0.330 e. The van der Waals surface area contributed by atoms with Crippen LogP contribution in [0.1, 0.15) is 5.56 Å². The molecule has 0 fully saturated rings. The quantitative estimate of drug-likeness (QED) is 0.513. The number of rotatable bonds is 3. The molecule has 4 nitrogen and oxygen atoms in total. The summed E-state index contributed by atoms with van der Waals surface area (Å²) >= 11 is 1.41. The van der Waals surface area contributed by atoms with Crippen LogP contribution in [0.25, 0.3) is 0 Å². The van der Waals surface area contributed by atoms with Gasteiger partial charge in [0.25, 0.3) is 5.56 Å². The average Bonchev–Trinajstić information content (AvgIpc) is 2.09. The van der Waals surface area contributed by atoms with E-state index in [1.54, 1.807) is 6.20 Å². The monoisotopic (exact) mass is 185 g/mol. The Bertz CT molecular complexity index is 310. The van der Waals surface area contributed by atoms with Gasteiger partial charge in [0.15, 0.2) is 5.16 Å². The van der Waals surface area contributed by atoms with Crippen molar-refractivity contribution in [1.29, 1.82) is 0 Å². The highest BCUT2D eigenvalue weighted by molar-refractivity contribution is 7.98. The van der Waals surface area contributed by atoms with E-state index in [4.69, 9.17) is 5.73 Å². The number of nitrogens with one attached hydrogen (secondary N) is 1. The molecule has 0 unspecified atom stereocenters. The molecule has 0 aliphatic rings. The Morgan fingerprint density at radius 1 is 1.75 bits per heavy atom. The van der Waals surface area contributed by atoms with Gasteiger partial charge in [0.2, 0.25) is 0 Å². The molecule has 1 aromatic rings. The lowest BCUT2D eigenvalue weighted by atomic mass is 10.2. The van der Waals surface area contributed by atoms with Crippen LogP contribution in [0.2, 0.25) is 0 Å². The SMILES string of the molecule is CSc1ncc(CCN)c(=O)[nH]1. The predicted molar refractivity (Wildman–Crippen MR) is 49.4 cm³/mol.